The lowest BCUT2D eigenvalue weighted by Crippen LogP contribution is -2.56. The van der Waals surface area contributed by atoms with Crippen molar-refractivity contribution in [3.8, 4) is 0 Å². The summed E-state index contributed by atoms with van der Waals surface area (Å²) in [6.07, 6.45) is 6.10. The van der Waals surface area contributed by atoms with Crippen molar-refractivity contribution in [2.45, 2.75) is 84.0 Å². The average Bonchev–Trinajstić information content (AvgIpc) is 3.16. The van der Waals surface area contributed by atoms with Crippen molar-refractivity contribution in [3.05, 3.63) is 52.6 Å². The number of hydrogen-bond donors (Lipinski definition) is 1. The maximum absolute atomic E-state index is 14.8. The number of nitrogens with zero attached hydrogens (tertiary/aromatic N) is 4. The minimum Gasteiger partial charge on any atom is -0.459 e. The quantitative estimate of drug-likeness (QED) is 0.272. The molecule has 9 heteroatoms. The van der Waals surface area contributed by atoms with Gasteiger partial charge < -0.3 is 14.8 Å². The number of aromatic nitrogens is 3. The van der Waals surface area contributed by atoms with Crippen LogP contribution in [0.4, 0.5) is 10.2 Å². The molecule has 2 aromatic heterocycles. The molecule has 216 valence electrons. The van der Waals surface area contributed by atoms with E-state index in [4.69, 9.17) is 14.5 Å². The third-order valence-corrected chi connectivity index (χ3v) is 7.72. The summed E-state index contributed by atoms with van der Waals surface area (Å²) < 4.78 is 28.4. The highest BCUT2D eigenvalue weighted by atomic mass is 19.1. The smallest absolute Gasteiger partial charge is 0.320 e. The Balaban J connectivity index is 1.20. The molecule has 4 heterocycles. The normalized spacial score (nSPS) is 19.2. The SMILES string of the molecule is Cc1nn(C)c2cc(F)cc(C3C(OCCCCCc4ccc5c(n4)NCCC5)CN3CC(=O)OC(C)(C)C)c12. The van der Waals surface area contributed by atoms with Crippen molar-refractivity contribution >= 4 is 22.7 Å². The lowest BCUT2D eigenvalue weighted by Gasteiger charge is -2.47. The van der Waals surface area contributed by atoms with Crippen LogP contribution in [0, 0.1) is 12.7 Å². The Morgan fingerprint density at radius 1 is 1.20 bits per heavy atom. The number of fused-ring (bicyclic) bond motifs is 2. The van der Waals surface area contributed by atoms with E-state index in [0.29, 0.717) is 13.2 Å². The Morgan fingerprint density at radius 2 is 2.02 bits per heavy atom. The molecule has 5 rings (SSSR count). The monoisotopic (exact) mass is 551 g/mol. The molecule has 2 aliphatic heterocycles. The van der Waals surface area contributed by atoms with Gasteiger partial charge in [-0.05, 0) is 89.1 Å². The lowest BCUT2D eigenvalue weighted by molar-refractivity contribution is -0.165. The number of benzene rings is 1. The highest BCUT2D eigenvalue weighted by Gasteiger charge is 2.43. The molecule has 0 aliphatic carbocycles. The van der Waals surface area contributed by atoms with E-state index in [0.717, 1.165) is 72.3 Å². The minimum absolute atomic E-state index is 0.127. The lowest BCUT2D eigenvalue weighted by atomic mass is 9.88. The highest BCUT2D eigenvalue weighted by molar-refractivity contribution is 5.86. The van der Waals surface area contributed by atoms with E-state index in [-0.39, 0.29) is 30.5 Å². The third kappa shape index (κ3) is 6.47. The van der Waals surface area contributed by atoms with Gasteiger partial charge in [-0.15, -0.1) is 0 Å². The van der Waals surface area contributed by atoms with Crippen LogP contribution in [0.1, 0.15) is 75.0 Å². The predicted molar refractivity (Wildman–Crippen MR) is 154 cm³/mol. The van der Waals surface area contributed by atoms with Gasteiger partial charge in [-0.25, -0.2) is 9.37 Å². The second kappa shape index (κ2) is 11.8. The predicted octanol–water partition coefficient (Wildman–Crippen LogP) is 5.27. The first kappa shape index (κ1) is 28.5. The Labute approximate surface area is 236 Å². The van der Waals surface area contributed by atoms with Gasteiger partial charge in [-0.3, -0.25) is 14.4 Å². The van der Waals surface area contributed by atoms with Crippen LogP contribution in [0.2, 0.25) is 0 Å². The number of aryl methyl sites for hydroxylation is 4. The first-order valence-electron chi connectivity index (χ1n) is 14.5. The van der Waals surface area contributed by atoms with Crippen LogP contribution in [0.3, 0.4) is 0 Å². The molecule has 0 spiro atoms. The number of carbonyl (C=O) groups excluding carboxylic acids is 1. The number of esters is 1. The maximum Gasteiger partial charge on any atom is 0.320 e. The van der Waals surface area contributed by atoms with Crippen molar-refractivity contribution in [3.63, 3.8) is 0 Å². The van der Waals surface area contributed by atoms with Gasteiger partial charge in [-0.2, -0.15) is 5.10 Å². The average molecular weight is 552 g/mol. The number of anilines is 1. The van der Waals surface area contributed by atoms with E-state index in [1.54, 1.807) is 10.7 Å². The van der Waals surface area contributed by atoms with E-state index in [2.05, 4.69) is 22.5 Å². The summed E-state index contributed by atoms with van der Waals surface area (Å²) in [4.78, 5) is 19.5. The Bertz CT molecular complexity index is 1370. The molecule has 0 saturated carbocycles. The molecule has 3 aromatic rings. The highest BCUT2D eigenvalue weighted by Crippen LogP contribution is 2.40. The van der Waals surface area contributed by atoms with Crippen LogP contribution in [-0.4, -0.2) is 63.6 Å². The number of ether oxygens (including phenoxy) is 2. The van der Waals surface area contributed by atoms with Gasteiger partial charge in [0.15, 0.2) is 0 Å². The molecule has 2 atom stereocenters. The van der Waals surface area contributed by atoms with Gasteiger partial charge in [0.1, 0.15) is 17.2 Å². The second-order valence-electron chi connectivity index (χ2n) is 12.1. The fourth-order valence-electron chi connectivity index (χ4n) is 5.94. The number of rotatable bonds is 10. The van der Waals surface area contributed by atoms with Crippen molar-refractivity contribution < 1.29 is 18.7 Å². The van der Waals surface area contributed by atoms with Crippen LogP contribution in [-0.2, 0) is 34.2 Å². The number of unbranched alkanes of at least 4 members (excludes halogenated alkanes) is 2. The molecular weight excluding hydrogens is 509 g/mol. The van der Waals surface area contributed by atoms with Crippen LogP contribution in [0.5, 0.6) is 0 Å². The van der Waals surface area contributed by atoms with E-state index in [9.17, 15) is 9.18 Å². The van der Waals surface area contributed by atoms with Crippen LogP contribution in [0.25, 0.3) is 10.9 Å². The number of nitrogens with one attached hydrogen (secondary N) is 1. The zero-order valence-corrected chi connectivity index (χ0v) is 24.4. The first-order valence-corrected chi connectivity index (χ1v) is 14.5. The van der Waals surface area contributed by atoms with E-state index < -0.39 is 5.60 Å². The topological polar surface area (TPSA) is 81.5 Å². The molecule has 0 radical (unpaired) electrons. The molecule has 40 heavy (non-hydrogen) atoms. The standard InChI is InChI=1S/C31H42FN5O3/c1-20-28-24(16-22(32)17-25(28)36(5)35-20)29-26(18-37(29)19-27(38)40-31(2,3)4)39-15-8-6-7-11-23-13-12-21-10-9-14-33-30(21)34-23/h12-13,16-17,26,29H,6-11,14-15,18-19H2,1-5H3,(H,33,34). The number of carbonyl (C=O) groups is 1. The summed E-state index contributed by atoms with van der Waals surface area (Å²) in [7, 11) is 1.82. The summed E-state index contributed by atoms with van der Waals surface area (Å²) in [5.74, 6) is 0.436. The summed E-state index contributed by atoms with van der Waals surface area (Å²) in [6, 6.07) is 7.19. The van der Waals surface area contributed by atoms with Crippen molar-refractivity contribution in [2.75, 3.05) is 31.6 Å². The van der Waals surface area contributed by atoms with Crippen LogP contribution in [0.15, 0.2) is 24.3 Å². The van der Waals surface area contributed by atoms with Gasteiger partial charge in [0.25, 0.3) is 0 Å². The van der Waals surface area contributed by atoms with Gasteiger partial charge in [0.2, 0.25) is 0 Å². The Morgan fingerprint density at radius 3 is 2.83 bits per heavy atom. The summed E-state index contributed by atoms with van der Waals surface area (Å²) >= 11 is 0. The van der Waals surface area contributed by atoms with E-state index in [1.165, 1.54) is 18.1 Å². The molecule has 1 saturated heterocycles. The Hall–Kier alpha value is -3.04. The van der Waals surface area contributed by atoms with Crippen LogP contribution < -0.4 is 5.32 Å². The number of hydrogen-bond acceptors (Lipinski definition) is 7. The maximum atomic E-state index is 14.8. The number of halogens is 1. The summed E-state index contributed by atoms with van der Waals surface area (Å²) in [5.41, 5.74) is 4.27. The molecule has 0 amide bonds. The van der Waals surface area contributed by atoms with Gasteiger partial charge in [0.05, 0.1) is 29.9 Å². The van der Waals surface area contributed by atoms with Gasteiger partial charge >= 0.3 is 5.97 Å². The van der Waals surface area contributed by atoms with Crippen molar-refractivity contribution in [2.24, 2.45) is 7.05 Å². The summed E-state index contributed by atoms with van der Waals surface area (Å²) in [6.45, 7) is 9.85. The summed E-state index contributed by atoms with van der Waals surface area (Å²) in [5, 5.41) is 8.86. The number of pyridine rings is 1. The molecule has 1 aromatic carbocycles. The van der Waals surface area contributed by atoms with E-state index in [1.807, 2.05) is 39.6 Å². The molecule has 0 bridgehead atoms. The number of likely N-dealkylation sites (tertiary alicyclic amines) is 1. The van der Waals surface area contributed by atoms with Crippen molar-refractivity contribution in [1.82, 2.24) is 19.7 Å². The largest absolute Gasteiger partial charge is 0.459 e. The van der Waals surface area contributed by atoms with E-state index >= 15 is 0 Å². The first-order chi connectivity index (χ1) is 19.1. The van der Waals surface area contributed by atoms with Gasteiger partial charge in [0, 0.05) is 37.8 Å². The molecule has 2 aliphatic rings. The van der Waals surface area contributed by atoms with Crippen LogP contribution >= 0.6 is 0 Å². The fraction of sp³-hybridized carbons (Fsp3) is 0.581. The van der Waals surface area contributed by atoms with Gasteiger partial charge in [-0.1, -0.05) is 12.5 Å². The molecule has 2 unspecified atom stereocenters. The molecule has 1 N–H and O–H groups in total. The molecular formula is C31H42FN5O3. The third-order valence-electron chi connectivity index (χ3n) is 7.72. The minimum atomic E-state index is -0.565. The zero-order chi connectivity index (χ0) is 28.4. The molecule has 1 fully saturated rings. The fourth-order valence-corrected chi connectivity index (χ4v) is 5.94. The zero-order valence-electron chi connectivity index (χ0n) is 24.4. The second-order valence-corrected chi connectivity index (χ2v) is 12.1. The Kier molecular flexibility index (Phi) is 8.42. The molecule has 8 nitrogen and oxygen atoms in total. The van der Waals surface area contributed by atoms with Crippen molar-refractivity contribution in [1.29, 1.82) is 0 Å².